The molecule has 0 N–H and O–H groups in total. The average molecular weight is 820 g/mol. The highest BCUT2D eigenvalue weighted by Crippen LogP contribution is 2.60. The fraction of sp³-hybridized carbons (Fsp3) is 0.0164. The van der Waals surface area contributed by atoms with Gasteiger partial charge in [-0.3, -0.25) is 0 Å². The Balaban J connectivity index is 1.09. The minimum absolute atomic E-state index is 0.614. The minimum atomic E-state index is -0.614. The van der Waals surface area contributed by atoms with Gasteiger partial charge in [0.1, 0.15) is 0 Å². The normalized spacial score (nSPS) is 14.1. The van der Waals surface area contributed by atoms with E-state index >= 15 is 0 Å². The molecule has 1 atom stereocenters. The van der Waals surface area contributed by atoms with Gasteiger partial charge in [-0.15, -0.1) is 11.3 Å². The number of fused-ring (bicyclic) bond motifs is 6. The Morgan fingerprint density at radius 3 is 1.48 bits per heavy atom. The summed E-state index contributed by atoms with van der Waals surface area (Å²) >= 11 is 1.87. The molecule has 0 fully saturated rings. The molecule has 2 heteroatoms. The lowest BCUT2D eigenvalue weighted by Gasteiger charge is -2.38. The Hall–Kier alpha value is -7.78. The smallest absolute Gasteiger partial charge is 0.0734 e. The van der Waals surface area contributed by atoms with Crippen molar-refractivity contribution in [3.8, 4) is 44.5 Å². The maximum absolute atomic E-state index is 2.49. The summed E-state index contributed by atoms with van der Waals surface area (Å²) < 4.78 is 2.63. The van der Waals surface area contributed by atoms with E-state index in [0.29, 0.717) is 0 Å². The third-order valence-corrected chi connectivity index (χ3v) is 14.1. The summed E-state index contributed by atoms with van der Waals surface area (Å²) in [5, 5.41) is 2.63. The van der Waals surface area contributed by atoms with Crippen molar-refractivity contribution in [3.05, 3.63) is 271 Å². The minimum Gasteiger partial charge on any atom is -0.310 e. The lowest BCUT2D eigenvalue weighted by molar-refractivity contribution is 0.768. The highest BCUT2D eigenvalue weighted by molar-refractivity contribution is 7.25. The molecule has 1 nitrogen and oxygen atoms in total. The first-order chi connectivity index (χ1) is 31.3. The van der Waals surface area contributed by atoms with E-state index in [0.717, 1.165) is 17.1 Å². The topological polar surface area (TPSA) is 3.24 Å². The predicted molar refractivity (Wildman–Crippen MR) is 268 cm³/mol. The second-order valence-corrected chi connectivity index (χ2v) is 17.5. The van der Waals surface area contributed by atoms with Crippen LogP contribution in [0.4, 0.5) is 17.1 Å². The number of hydrogen-bond acceptors (Lipinski definition) is 2. The van der Waals surface area contributed by atoms with Crippen molar-refractivity contribution >= 4 is 48.6 Å². The molecule has 0 spiro atoms. The summed E-state index contributed by atoms with van der Waals surface area (Å²) in [7, 11) is 0. The van der Waals surface area contributed by atoms with Crippen LogP contribution in [0.3, 0.4) is 0 Å². The third-order valence-electron chi connectivity index (χ3n) is 13.0. The quantitative estimate of drug-likeness (QED) is 0.148. The Morgan fingerprint density at radius 1 is 0.317 bits per heavy atom. The van der Waals surface area contributed by atoms with Crippen LogP contribution in [0.25, 0.3) is 64.7 Å². The highest BCUT2D eigenvalue weighted by Gasteiger charge is 2.48. The lowest BCUT2D eigenvalue weighted by Crippen LogP contribution is -2.30. The predicted octanol–water partition coefficient (Wildman–Crippen LogP) is 16.9. The second kappa shape index (κ2) is 15.3. The van der Waals surface area contributed by atoms with Crippen molar-refractivity contribution in [2.24, 2.45) is 0 Å². The van der Waals surface area contributed by atoms with E-state index in [1.807, 2.05) is 11.3 Å². The molecule has 0 amide bonds. The Labute approximate surface area is 372 Å². The zero-order valence-electron chi connectivity index (χ0n) is 34.5. The van der Waals surface area contributed by atoms with Gasteiger partial charge in [-0.1, -0.05) is 206 Å². The van der Waals surface area contributed by atoms with Crippen LogP contribution in [-0.2, 0) is 5.41 Å². The SMILES string of the molecule is c1ccc(-c2ccc(N(c3ccc(-c4cccc5sc6ccccc6c45)cc3)c3cccc4c3C(c3ccccc3)(c3ccc(-c5ccccc5)cc3)c3ccccc3-4)cc2)cc1. The fourth-order valence-corrected chi connectivity index (χ4v) is 11.3. The number of rotatable bonds is 8. The standard InChI is InChI=1S/C61H41NS/c1-4-16-42(17-5-1)44-30-36-48(37-31-44)61(47-20-8-3-9-21-47)55-26-12-10-22-52(55)53-25-14-27-56(60(53)61)62(49-38-32-45(33-39-49)43-18-6-2-7-19-43)50-40-34-46(35-41-50)51-24-15-29-58-59(51)54-23-11-13-28-57(54)63-58/h1-41H. The van der Waals surface area contributed by atoms with Gasteiger partial charge in [-0.05, 0) is 104 Å². The van der Waals surface area contributed by atoms with E-state index in [1.165, 1.54) is 86.9 Å². The second-order valence-electron chi connectivity index (χ2n) is 16.4. The maximum atomic E-state index is 2.49. The van der Waals surface area contributed by atoms with E-state index in [1.54, 1.807) is 0 Å². The number of nitrogens with zero attached hydrogens (tertiary/aromatic N) is 1. The molecule has 0 saturated heterocycles. The number of hydrogen-bond donors (Lipinski definition) is 0. The van der Waals surface area contributed by atoms with Crippen LogP contribution in [0.1, 0.15) is 22.3 Å². The van der Waals surface area contributed by atoms with E-state index < -0.39 is 5.41 Å². The van der Waals surface area contributed by atoms with Crippen LogP contribution in [0, 0.1) is 0 Å². The van der Waals surface area contributed by atoms with Gasteiger partial charge in [-0.25, -0.2) is 0 Å². The van der Waals surface area contributed by atoms with E-state index in [4.69, 9.17) is 0 Å². The zero-order chi connectivity index (χ0) is 41.7. The molecule has 0 aliphatic heterocycles. The van der Waals surface area contributed by atoms with Gasteiger partial charge in [0.05, 0.1) is 11.1 Å². The lowest BCUT2D eigenvalue weighted by atomic mass is 9.67. The molecule has 0 bridgehead atoms. The van der Waals surface area contributed by atoms with Crippen LogP contribution in [0.5, 0.6) is 0 Å². The van der Waals surface area contributed by atoms with Gasteiger partial charge in [0.25, 0.3) is 0 Å². The Morgan fingerprint density at radius 2 is 0.794 bits per heavy atom. The van der Waals surface area contributed by atoms with Gasteiger partial charge in [-0.2, -0.15) is 0 Å². The van der Waals surface area contributed by atoms with Gasteiger partial charge >= 0.3 is 0 Å². The first kappa shape index (κ1) is 37.0. The van der Waals surface area contributed by atoms with E-state index in [9.17, 15) is 0 Å². The summed E-state index contributed by atoms with van der Waals surface area (Å²) in [5.41, 5.74) is 17.5. The van der Waals surface area contributed by atoms with Gasteiger partial charge < -0.3 is 4.90 Å². The van der Waals surface area contributed by atoms with E-state index in [-0.39, 0.29) is 0 Å². The molecular formula is C61H41NS. The summed E-state index contributed by atoms with van der Waals surface area (Å²) in [4.78, 5) is 2.49. The molecule has 1 heterocycles. The average Bonchev–Trinajstić information content (AvgIpc) is 3.90. The summed E-state index contributed by atoms with van der Waals surface area (Å²) in [6.07, 6.45) is 0. The van der Waals surface area contributed by atoms with Crippen molar-refractivity contribution in [2.45, 2.75) is 5.41 Å². The van der Waals surface area contributed by atoms with E-state index in [2.05, 4.69) is 254 Å². The molecule has 1 aromatic heterocycles. The monoisotopic (exact) mass is 819 g/mol. The molecule has 10 aromatic carbocycles. The first-order valence-electron chi connectivity index (χ1n) is 21.7. The molecule has 296 valence electrons. The summed E-state index contributed by atoms with van der Waals surface area (Å²) in [6, 6.07) is 91.6. The van der Waals surface area contributed by atoms with Gasteiger partial charge in [0.2, 0.25) is 0 Å². The molecule has 11 aromatic rings. The van der Waals surface area contributed by atoms with Crippen molar-refractivity contribution in [2.75, 3.05) is 4.90 Å². The van der Waals surface area contributed by atoms with Crippen molar-refractivity contribution < 1.29 is 0 Å². The van der Waals surface area contributed by atoms with Gasteiger partial charge in [0, 0.05) is 37.1 Å². The molecule has 1 unspecified atom stereocenters. The highest BCUT2D eigenvalue weighted by atomic mass is 32.1. The number of anilines is 3. The molecule has 63 heavy (non-hydrogen) atoms. The Bertz CT molecular complexity index is 3410. The van der Waals surface area contributed by atoms with Crippen LogP contribution in [-0.4, -0.2) is 0 Å². The molecule has 0 radical (unpaired) electrons. The first-order valence-corrected chi connectivity index (χ1v) is 22.5. The zero-order valence-corrected chi connectivity index (χ0v) is 35.3. The van der Waals surface area contributed by atoms with Crippen LogP contribution in [0.2, 0.25) is 0 Å². The summed E-state index contributed by atoms with van der Waals surface area (Å²) in [6.45, 7) is 0. The van der Waals surface area contributed by atoms with Crippen molar-refractivity contribution in [1.29, 1.82) is 0 Å². The molecule has 1 aliphatic carbocycles. The molecular weight excluding hydrogens is 779 g/mol. The maximum Gasteiger partial charge on any atom is 0.0734 e. The molecule has 0 saturated carbocycles. The van der Waals surface area contributed by atoms with Crippen LogP contribution >= 0.6 is 11.3 Å². The van der Waals surface area contributed by atoms with Crippen LogP contribution in [0.15, 0.2) is 249 Å². The fourth-order valence-electron chi connectivity index (χ4n) is 10.2. The number of benzene rings is 10. The largest absolute Gasteiger partial charge is 0.310 e. The Kier molecular flexibility index (Phi) is 8.98. The summed E-state index contributed by atoms with van der Waals surface area (Å²) in [5.74, 6) is 0. The van der Waals surface area contributed by atoms with Gasteiger partial charge in [0.15, 0.2) is 0 Å². The molecule has 1 aliphatic rings. The van der Waals surface area contributed by atoms with Crippen molar-refractivity contribution in [1.82, 2.24) is 0 Å². The van der Waals surface area contributed by atoms with Crippen LogP contribution < -0.4 is 4.90 Å². The third kappa shape index (κ3) is 6.06. The van der Waals surface area contributed by atoms with Crippen molar-refractivity contribution in [3.63, 3.8) is 0 Å². The molecule has 12 rings (SSSR count). The number of thiophene rings is 1.